The van der Waals surface area contributed by atoms with E-state index in [1.807, 2.05) is 13.8 Å². The van der Waals surface area contributed by atoms with Gasteiger partial charge in [-0.15, -0.1) is 0 Å². The molecule has 2 aliphatic rings. The molecule has 1 atom stereocenters. The van der Waals surface area contributed by atoms with E-state index in [2.05, 4.69) is 16.0 Å². The SMILES string of the molecule is CC(C)NC(=O)NC1CCN(C(=O)C2CCC(=O)N2)CC1. The van der Waals surface area contributed by atoms with E-state index in [4.69, 9.17) is 0 Å². The van der Waals surface area contributed by atoms with Crippen molar-refractivity contribution in [1.29, 1.82) is 0 Å². The third-order valence-electron chi connectivity index (χ3n) is 3.86. The highest BCUT2D eigenvalue weighted by Crippen LogP contribution is 2.15. The molecule has 0 radical (unpaired) electrons. The smallest absolute Gasteiger partial charge is 0.315 e. The van der Waals surface area contributed by atoms with Crippen LogP contribution >= 0.6 is 0 Å². The van der Waals surface area contributed by atoms with E-state index in [9.17, 15) is 14.4 Å². The van der Waals surface area contributed by atoms with Crippen LogP contribution in [0.15, 0.2) is 0 Å². The van der Waals surface area contributed by atoms with Crippen LogP contribution in [0.4, 0.5) is 4.79 Å². The number of hydrogen-bond acceptors (Lipinski definition) is 3. The zero-order valence-electron chi connectivity index (χ0n) is 12.6. The van der Waals surface area contributed by atoms with E-state index in [-0.39, 0.29) is 36.0 Å². The molecule has 2 saturated heterocycles. The molecule has 0 spiro atoms. The minimum absolute atomic E-state index is 0.00549. The maximum absolute atomic E-state index is 12.2. The molecule has 2 fully saturated rings. The van der Waals surface area contributed by atoms with Crippen LogP contribution in [-0.4, -0.2) is 54.0 Å². The Morgan fingerprint density at radius 2 is 1.90 bits per heavy atom. The summed E-state index contributed by atoms with van der Waals surface area (Å²) >= 11 is 0. The van der Waals surface area contributed by atoms with Gasteiger partial charge in [0.05, 0.1) is 0 Å². The quantitative estimate of drug-likeness (QED) is 0.683. The molecule has 7 heteroatoms. The number of nitrogens with zero attached hydrogens (tertiary/aromatic N) is 1. The second-order valence-electron chi connectivity index (χ2n) is 6.03. The zero-order valence-corrected chi connectivity index (χ0v) is 12.6. The van der Waals surface area contributed by atoms with Gasteiger partial charge in [-0.25, -0.2) is 4.79 Å². The van der Waals surface area contributed by atoms with Gasteiger partial charge in [0.2, 0.25) is 11.8 Å². The summed E-state index contributed by atoms with van der Waals surface area (Å²) in [5, 5.41) is 8.43. The Bertz CT molecular complexity index is 416. The van der Waals surface area contributed by atoms with Crippen LogP contribution in [0.25, 0.3) is 0 Å². The first kappa shape index (κ1) is 15.6. The molecule has 2 heterocycles. The fourth-order valence-electron chi connectivity index (χ4n) is 2.75. The van der Waals surface area contributed by atoms with Gasteiger partial charge >= 0.3 is 6.03 Å². The molecule has 0 aromatic carbocycles. The Balaban J connectivity index is 1.74. The minimum Gasteiger partial charge on any atom is -0.344 e. The number of likely N-dealkylation sites (tertiary alicyclic amines) is 1. The summed E-state index contributed by atoms with van der Waals surface area (Å²) in [4.78, 5) is 36.8. The number of carbonyl (C=O) groups excluding carboxylic acids is 3. The molecule has 2 rings (SSSR count). The molecule has 4 amide bonds. The fraction of sp³-hybridized carbons (Fsp3) is 0.786. The van der Waals surface area contributed by atoms with Crippen LogP contribution < -0.4 is 16.0 Å². The number of urea groups is 1. The van der Waals surface area contributed by atoms with E-state index < -0.39 is 0 Å². The van der Waals surface area contributed by atoms with Crippen molar-refractivity contribution < 1.29 is 14.4 Å². The second-order valence-corrected chi connectivity index (χ2v) is 6.03. The molecule has 118 valence electrons. The Kier molecular flexibility index (Phi) is 5.03. The highest BCUT2D eigenvalue weighted by Gasteiger charge is 2.32. The number of amides is 4. The first-order chi connectivity index (χ1) is 9.95. The predicted molar refractivity (Wildman–Crippen MR) is 77.6 cm³/mol. The average Bonchev–Trinajstić information content (AvgIpc) is 2.84. The van der Waals surface area contributed by atoms with Gasteiger partial charge < -0.3 is 20.9 Å². The topological polar surface area (TPSA) is 90.5 Å². The van der Waals surface area contributed by atoms with Crippen molar-refractivity contribution in [2.45, 2.75) is 57.7 Å². The van der Waals surface area contributed by atoms with Crippen molar-refractivity contribution in [3.63, 3.8) is 0 Å². The number of piperidine rings is 1. The lowest BCUT2D eigenvalue weighted by atomic mass is 10.0. The third kappa shape index (κ3) is 4.34. The Labute approximate surface area is 124 Å². The van der Waals surface area contributed by atoms with Crippen molar-refractivity contribution in [3.05, 3.63) is 0 Å². The van der Waals surface area contributed by atoms with Gasteiger partial charge in [-0.1, -0.05) is 0 Å². The van der Waals surface area contributed by atoms with Crippen molar-refractivity contribution in [2.24, 2.45) is 0 Å². The largest absolute Gasteiger partial charge is 0.344 e. The van der Waals surface area contributed by atoms with E-state index >= 15 is 0 Å². The average molecular weight is 296 g/mol. The summed E-state index contributed by atoms with van der Waals surface area (Å²) in [5.41, 5.74) is 0. The summed E-state index contributed by atoms with van der Waals surface area (Å²) in [7, 11) is 0. The summed E-state index contributed by atoms with van der Waals surface area (Å²) in [6.45, 7) is 5.07. The van der Waals surface area contributed by atoms with Gasteiger partial charge in [-0.2, -0.15) is 0 Å². The van der Waals surface area contributed by atoms with Crippen molar-refractivity contribution in [1.82, 2.24) is 20.9 Å². The predicted octanol–water partition coefficient (Wildman–Crippen LogP) is -0.0364. The molecule has 2 aliphatic heterocycles. The summed E-state index contributed by atoms with van der Waals surface area (Å²) in [6.07, 6.45) is 2.52. The molecule has 7 nitrogen and oxygen atoms in total. The summed E-state index contributed by atoms with van der Waals surface area (Å²) in [6, 6.07) is -0.298. The van der Waals surface area contributed by atoms with E-state index in [0.29, 0.717) is 25.9 Å². The molecule has 0 aromatic heterocycles. The normalized spacial score (nSPS) is 23.1. The first-order valence-corrected chi connectivity index (χ1v) is 7.61. The number of rotatable bonds is 3. The Morgan fingerprint density at radius 3 is 2.43 bits per heavy atom. The highest BCUT2D eigenvalue weighted by molar-refractivity contribution is 5.90. The molecule has 1 unspecified atom stereocenters. The van der Waals surface area contributed by atoms with Crippen LogP contribution in [0.2, 0.25) is 0 Å². The Hall–Kier alpha value is -1.79. The molecule has 0 saturated carbocycles. The highest BCUT2D eigenvalue weighted by atomic mass is 16.2. The molecule has 0 bridgehead atoms. The Morgan fingerprint density at radius 1 is 1.24 bits per heavy atom. The molecule has 0 aliphatic carbocycles. The molecule has 0 aromatic rings. The monoisotopic (exact) mass is 296 g/mol. The van der Waals surface area contributed by atoms with Crippen LogP contribution in [0.3, 0.4) is 0 Å². The van der Waals surface area contributed by atoms with Crippen LogP contribution in [0.5, 0.6) is 0 Å². The van der Waals surface area contributed by atoms with Crippen molar-refractivity contribution >= 4 is 17.8 Å². The molecule has 3 N–H and O–H groups in total. The summed E-state index contributed by atoms with van der Waals surface area (Å²) < 4.78 is 0. The van der Waals surface area contributed by atoms with Gasteiger partial charge in [0, 0.05) is 31.6 Å². The fourth-order valence-corrected chi connectivity index (χ4v) is 2.75. The van der Waals surface area contributed by atoms with Crippen LogP contribution in [0, 0.1) is 0 Å². The molecule has 21 heavy (non-hydrogen) atoms. The first-order valence-electron chi connectivity index (χ1n) is 7.61. The number of carbonyl (C=O) groups is 3. The van der Waals surface area contributed by atoms with Crippen LogP contribution in [-0.2, 0) is 9.59 Å². The van der Waals surface area contributed by atoms with Gasteiger partial charge in [0.25, 0.3) is 0 Å². The van der Waals surface area contributed by atoms with E-state index in [0.717, 1.165) is 12.8 Å². The lowest BCUT2D eigenvalue weighted by Crippen LogP contribution is -2.52. The number of hydrogen-bond donors (Lipinski definition) is 3. The van der Waals surface area contributed by atoms with Crippen molar-refractivity contribution in [2.75, 3.05) is 13.1 Å². The lowest BCUT2D eigenvalue weighted by Gasteiger charge is -2.33. The maximum Gasteiger partial charge on any atom is 0.315 e. The molecular formula is C14H24N4O3. The van der Waals surface area contributed by atoms with Gasteiger partial charge in [0.15, 0.2) is 0 Å². The molecular weight excluding hydrogens is 272 g/mol. The van der Waals surface area contributed by atoms with Crippen molar-refractivity contribution in [3.8, 4) is 0 Å². The maximum atomic E-state index is 12.2. The number of nitrogens with one attached hydrogen (secondary N) is 3. The van der Waals surface area contributed by atoms with Crippen LogP contribution in [0.1, 0.15) is 39.5 Å². The van der Waals surface area contributed by atoms with Gasteiger partial charge in [0.1, 0.15) is 6.04 Å². The standard InChI is InChI=1S/C14H24N4O3/c1-9(2)15-14(21)16-10-5-7-18(8-6-10)13(20)11-3-4-12(19)17-11/h9-11H,3-8H2,1-2H3,(H,17,19)(H2,15,16,21). The lowest BCUT2D eigenvalue weighted by molar-refractivity contribution is -0.135. The van der Waals surface area contributed by atoms with E-state index in [1.54, 1.807) is 4.90 Å². The third-order valence-corrected chi connectivity index (χ3v) is 3.86. The van der Waals surface area contributed by atoms with Gasteiger partial charge in [-0.3, -0.25) is 9.59 Å². The summed E-state index contributed by atoms with van der Waals surface area (Å²) in [5.74, 6) is -0.0406. The zero-order chi connectivity index (χ0) is 15.4. The van der Waals surface area contributed by atoms with E-state index in [1.165, 1.54) is 0 Å². The van der Waals surface area contributed by atoms with Gasteiger partial charge in [-0.05, 0) is 33.1 Å². The minimum atomic E-state index is -0.355. The second kappa shape index (κ2) is 6.78.